The molecule has 0 fully saturated rings. The van der Waals surface area contributed by atoms with Crippen LogP contribution in [0.15, 0.2) is 54.6 Å². The maximum atomic E-state index is 12.4. The summed E-state index contributed by atoms with van der Waals surface area (Å²) in [5.41, 5.74) is 3.68. The molecular formula is C20H24N2O3. The number of benzene rings is 2. The molecule has 2 N–H and O–H groups in total. The quantitative estimate of drug-likeness (QED) is 0.839. The molecule has 0 spiro atoms. The predicted octanol–water partition coefficient (Wildman–Crippen LogP) is 2.37. The summed E-state index contributed by atoms with van der Waals surface area (Å²) in [4.78, 5) is 21.4. The molecule has 2 atom stereocenters. The van der Waals surface area contributed by atoms with Gasteiger partial charge in [0.2, 0.25) is 5.91 Å². The molecule has 0 radical (unpaired) electrons. The van der Waals surface area contributed by atoms with Crippen molar-refractivity contribution in [1.29, 1.82) is 0 Å². The summed E-state index contributed by atoms with van der Waals surface area (Å²) in [5.74, 6) is 0.0702. The van der Waals surface area contributed by atoms with E-state index in [-0.39, 0.29) is 18.0 Å². The minimum absolute atomic E-state index is 0.0256. The van der Waals surface area contributed by atoms with Crippen molar-refractivity contribution in [2.24, 2.45) is 0 Å². The second-order valence-corrected chi connectivity index (χ2v) is 5.88. The molecule has 0 aromatic heterocycles. The molecule has 5 heteroatoms. The zero-order valence-electron chi connectivity index (χ0n) is 14.6. The van der Waals surface area contributed by atoms with E-state index in [1.54, 1.807) is 0 Å². The van der Waals surface area contributed by atoms with Crippen LogP contribution in [0.4, 0.5) is 0 Å². The minimum Gasteiger partial charge on any atom is -0.471 e. The van der Waals surface area contributed by atoms with Crippen molar-refractivity contribution < 1.29 is 14.3 Å². The van der Waals surface area contributed by atoms with Crippen molar-refractivity contribution in [2.45, 2.75) is 32.0 Å². The number of nitrogens with one attached hydrogen (secondary N) is 2. The lowest BCUT2D eigenvalue weighted by atomic mass is 9.95. The van der Waals surface area contributed by atoms with Gasteiger partial charge in [-0.2, -0.15) is 0 Å². The van der Waals surface area contributed by atoms with Crippen LogP contribution in [0.3, 0.4) is 0 Å². The summed E-state index contributed by atoms with van der Waals surface area (Å²) in [6.45, 7) is 3.15. The molecule has 2 aromatic rings. The maximum absolute atomic E-state index is 12.4. The lowest BCUT2D eigenvalue weighted by molar-refractivity contribution is -0.126. The van der Waals surface area contributed by atoms with E-state index in [4.69, 9.17) is 4.79 Å². The zero-order valence-corrected chi connectivity index (χ0v) is 14.6. The lowest BCUT2D eigenvalue weighted by Gasteiger charge is -2.26. The number of methoxy groups -OCH3 is 1. The van der Waals surface area contributed by atoms with Crippen LogP contribution in [0, 0.1) is 0 Å². The molecule has 0 saturated heterocycles. The number of fused-ring (bicyclic) bond motifs is 1. The van der Waals surface area contributed by atoms with Crippen LogP contribution in [0.2, 0.25) is 0 Å². The monoisotopic (exact) mass is 340 g/mol. The highest BCUT2D eigenvalue weighted by atomic mass is 16.5. The highest BCUT2D eigenvalue weighted by molar-refractivity contribution is 5.82. The third kappa shape index (κ3) is 5.43. The summed E-state index contributed by atoms with van der Waals surface area (Å²) in [5, 5.41) is 6.42. The smallest absolute Gasteiger partial charge is 0.292 e. The molecule has 0 aliphatic carbocycles. The van der Waals surface area contributed by atoms with Crippen molar-refractivity contribution in [3.05, 3.63) is 71.3 Å². The van der Waals surface area contributed by atoms with Gasteiger partial charge < -0.3 is 15.4 Å². The molecule has 25 heavy (non-hydrogen) atoms. The predicted molar refractivity (Wildman–Crippen MR) is 96.8 cm³/mol. The third-order valence-electron chi connectivity index (χ3n) is 4.15. The molecule has 5 nitrogen and oxygen atoms in total. The average Bonchev–Trinajstić information content (AvgIpc) is 2.68. The largest absolute Gasteiger partial charge is 0.471 e. The first kappa shape index (κ1) is 18.7. The van der Waals surface area contributed by atoms with Gasteiger partial charge in [-0.15, -0.1) is 0 Å². The fraction of sp³-hybridized carbons (Fsp3) is 0.300. The summed E-state index contributed by atoms with van der Waals surface area (Å²) >= 11 is 0. The van der Waals surface area contributed by atoms with Crippen LogP contribution in [0.1, 0.15) is 29.7 Å². The maximum Gasteiger partial charge on any atom is 0.292 e. The van der Waals surface area contributed by atoms with Crippen LogP contribution in [0.25, 0.3) is 0 Å². The Morgan fingerprint density at radius 1 is 1.16 bits per heavy atom. The van der Waals surface area contributed by atoms with E-state index in [1.165, 1.54) is 18.2 Å². The van der Waals surface area contributed by atoms with E-state index in [9.17, 15) is 4.79 Å². The number of hydrogen-bond acceptors (Lipinski definition) is 4. The second-order valence-electron chi connectivity index (χ2n) is 5.88. The Bertz CT molecular complexity index is 688. The molecule has 1 heterocycles. The van der Waals surface area contributed by atoms with Crippen LogP contribution in [0.5, 0.6) is 0 Å². The van der Waals surface area contributed by atoms with Gasteiger partial charge in [-0.1, -0.05) is 54.6 Å². The Morgan fingerprint density at radius 3 is 2.40 bits per heavy atom. The lowest BCUT2D eigenvalue weighted by Crippen LogP contribution is -2.48. The van der Waals surface area contributed by atoms with Crippen LogP contribution >= 0.6 is 0 Å². The molecule has 1 aliphatic rings. The average molecular weight is 340 g/mol. The molecule has 3 rings (SSSR count). The molecular weight excluding hydrogens is 316 g/mol. The molecule has 2 aromatic carbocycles. The molecule has 1 amide bonds. The SMILES string of the molecule is COC=O.C[C@H](NC(=O)[C@H]1Cc2ccccc2CN1)c1ccccc1. The first-order chi connectivity index (χ1) is 12.2. The molecule has 0 bridgehead atoms. The van der Waals surface area contributed by atoms with Crippen molar-refractivity contribution in [1.82, 2.24) is 10.6 Å². The first-order valence-electron chi connectivity index (χ1n) is 8.27. The second kappa shape index (κ2) is 9.59. The first-order valence-corrected chi connectivity index (χ1v) is 8.27. The number of carbonyl (C=O) groups is 2. The van der Waals surface area contributed by atoms with Gasteiger partial charge in [0, 0.05) is 6.54 Å². The van der Waals surface area contributed by atoms with Gasteiger partial charge in [0.1, 0.15) is 0 Å². The Hall–Kier alpha value is -2.66. The number of amides is 1. The van der Waals surface area contributed by atoms with Gasteiger partial charge in [-0.25, -0.2) is 0 Å². The van der Waals surface area contributed by atoms with Crippen LogP contribution in [-0.4, -0.2) is 25.5 Å². The summed E-state index contributed by atoms with van der Waals surface area (Å²) in [6, 6.07) is 18.2. The van der Waals surface area contributed by atoms with Crippen molar-refractivity contribution in [3.63, 3.8) is 0 Å². The van der Waals surface area contributed by atoms with Crippen molar-refractivity contribution in [2.75, 3.05) is 7.11 Å². The van der Waals surface area contributed by atoms with Crippen molar-refractivity contribution in [3.8, 4) is 0 Å². The van der Waals surface area contributed by atoms with E-state index in [2.05, 4.69) is 27.5 Å². The fourth-order valence-corrected chi connectivity index (χ4v) is 2.78. The fourth-order valence-electron chi connectivity index (χ4n) is 2.78. The van der Waals surface area contributed by atoms with E-state index in [0.29, 0.717) is 6.47 Å². The van der Waals surface area contributed by atoms with Gasteiger partial charge in [0.15, 0.2) is 0 Å². The molecule has 1 aliphatic heterocycles. The van der Waals surface area contributed by atoms with Gasteiger partial charge in [-0.3, -0.25) is 9.59 Å². The van der Waals surface area contributed by atoms with Crippen LogP contribution in [-0.2, 0) is 27.3 Å². The van der Waals surface area contributed by atoms with Gasteiger partial charge in [-0.05, 0) is 30.0 Å². The van der Waals surface area contributed by atoms with E-state index in [1.807, 2.05) is 49.4 Å². The Morgan fingerprint density at radius 2 is 1.76 bits per heavy atom. The molecule has 0 unspecified atom stereocenters. The summed E-state index contributed by atoms with van der Waals surface area (Å²) in [6.07, 6.45) is 0.753. The standard InChI is InChI=1S/C18H20N2O.C2H4O2/c1-13(14-7-3-2-4-8-14)20-18(21)17-11-15-9-5-6-10-16(15)12-19-17;1-4-2-3/h2-10,13,17,19H,11-12H2,1H3,(H,20,21);2H,1H3/t13-,17+;/m0./s1. The molecule has 0 saturated carbocycles. The summed E-state index contributed by atoms with van der Waals surface area (Å²) < 4.78 is 3.86. The number of ether oxygens (including phenoxy) is 1. The van der Waals surface area contributed by atoms with Gasteiger partial charge >= 0.3 is 0 Å². The number of carbonyl (C=O) groups excluding carboxylic acids is 2. The van der Waals surface area contributed by atoms with Crippen LogP contribution < -0.4 is 10.6 Å². The van der Waals surface area contributed by atoms with Crippen molar-refractivity contribution >= 4 is 12.4 Å². The Labute approximate surface area is 148 Å². The zero-order chi connectivity index (χ0) is 18.1. The highest BCUT2D eigenvalue weighted by Gasteiger charge is 2.24. The van der Waals surface area contributed by atoms with Gasteiger partial charge in [0.25, 0.3) is 6.47 Å². The highest BCUT2D eigenvalue weighted by Crippen LogP contribution is 2.17. The van der Waals surface area contributed by atoms with Gasteiger partial charge in [0.05, 0.1) is 19.2 Å². The van der Waals surface area contributed by atoms with E-state index in [0.717, 1.165) is 18.5 Å². The minimum atomic E-state index is -0.147. The Kier molecular flexibility index (Phi) is 7.16. The number of rotatable bonds is 4. The molecule has 132 valence electrons. The normalized spacial score (nSPS) is 16.5. The number of hydrogen-bond donors (Lipinski definition) is 2. The topological polar surface area (TPSA) is 67.4 Å². The summed E-state index contributed by atoms with van der Waals surface area (Å²) in [7, 11) is 1.31. The van der Waals surface area contributed by atoms with E-state index >= 15 is 0 Å². The Balaban J connectivity index is 0.000000511. The van der Waals surface area contributed by atoms with E-state index < -0.39 is 0 Å². The third-order valence-corrected chi connectivity index (χ3v) is 4.15.